The predicted octanol–water partition coefficient (Wildman–Crippen LogP) is 34.6. The van der Waals surface area contributed by atoms with Crippen molar-refractivity contribution in [3.05, 3.63) is 489 Å². The number of pyridine rings is 5. The molecule has 7 nitrogen and oxygen atoms in total. The standard InChI is InChI=1S/2C23H20F3N.C21H19N.2C17H11N.2C12H8N.3ClH.5Ni/c2*1-15-5-7-16(8-6-15)17-11-18(13-20(12-17)22(2,3)4)21-10-9-19(14-27-21)23(24,25)26;1-21(2,3)19-14-17(16-9-5-4-6-10-16)13-18(15-19)20-11-7-8-12-22-20;2*1-2-7-14(8-3-1)15-9-6-10-16(13-15)17-11-4-5-12-18-17;2*1-3-7-11-9(5-1)10-6-2-4-8-12(10)13-11;;;;;;;;/h2*5-7,9-10,12-14H,1-4H3;4-9,11-12,14-15H,1-3H3;2*1-7,9-12H;2*1-8H;3*1H;;;;;/q5*-2;2*-1;;;;3*+1;2*+3/p-3. The number of fused-ring (bicyclic) bond motifs is 6. The van der Waals surface area contributed by atoms with Crippen LogP contribution in [0.1, 0.15) is 101 Å². The summed E-state index contributed by atoms with van der Waals surface area (Å²) in [6.07, 6.45) is -1.65. The van der Waals surface area contributed by atoms with E-state index >= 15 is 0 Å². The van der Waals surface area contributed by atoms with E-state index in [-0.39, 0.29) is 49.2 Å². The minimum absolute atomic E-state index is 0. The van der Waals surface area contributed by atoms with Crippen LogP contribution < -0.4 is 9.97 Å². The Morgan fingerprint density at radius 1 is 0.233 bits per heavy atom. The second kappa shape index (κ2) is 55.2. The number of alkyl halides is 6. The second-order valence-corrected chi connectivity index (χ2v) is 36.0. The molecule has 21 aromatic rings. The van der Waals surface area contributed by atoms with Gasteiger partial charge in [0.25, 0.3) is 0 Å². The van der Waals surface area contributed by atoms with E-state index in [2.05, 4.69) is 335 Å². The molecule has 0 amide bonds. The fourth-order valence-electron chi connectivity index (χ4n) is 14.9. The normalized spacial score (nSPS) is 10.9. The third-order valence-electron chi connectivity index (χ3n) is 22.5. The molecule has 0 saturated heterocycles. The fraction of sp³-hybridized carbons (Fsp3) is 0.128. The monoisotopic (exact) mass is 2200 g/mol. The molecule has 0 unspecified atom stereocenters. The number of nitrogens with zero attached hydrogens (tertiary/aromatic N) is 7. The van der Waals surface area contributed by atoms with Crippen molar-refractivity contribution < 1.29 is 103 Å². The van der Waals surface area contributed by atoms with E-state index in [0.717, 1.165) is 158 Å². The molecule has 146 heavy (non-hydrogen) atoms. The first-order chi connectivity index (χ1) is 69.4. The van der Waals surface area contributed by atoms with Crippen LogP contribution in [0.25, 0.3) is 156 Å². The van der Waals surface area contributed by atoms with Gasteiger partial charge < -0.3 is 9.97 Å². The van der Waals surface area contributed by atoms with Crippen LogP contribution >= 0.6 is 30.6 Å². The minimum atomic E-state index is -4.40. The van der Waals surface area contributed by atoms with Gasteiger partial charge in [0, 0.05) is 59.5 Å². The minimum Gasteiger partial charge on any atom is -0.657 e. The Balaban J connectivity index is 0.000000175. The maximum atomic E-state index is 12.8. The average molecular weight is 2210 g/mol. The van der Waals surface area contributed by atoms with Crippen LogP contribution in [0, 0.1) is 74.5 Å². The van der Waals surface area contributed by atoms with Gasteiger partial charge >= 0.3 is 120 Å². The Morgan fingerprint density at radius 2 is 0.479 bits per heavy atom. The van der Waals surface area contributed by atoms with Gasteiger partial charge in [-0.1, -0.05) is 234 Å². The van der Waals surface area contributed by atoms with Gasteiger partial charge in [-0.25, -0.2) is 27.8 Å². The molecule has 0 aliphatic rings. The molecule has 21 heteroatoms. The van der Waals surface area contributed by atoms with Crippen molar-refractivity contribution >= 4 is 74.2 Å². The zero-order chi connectivity index (χ0) is 103. The van der Waals surface area contributed by atoms with Gasteiger partial charge in [-0.05, 0) is 56.0 Å². The number of halogens is 9. The zero-order valence-electron chi connectivity index (χ0n) is 81.1. The SMILES string of the molecule is CC(C)(C)c1cc(-c2[c-]cccc2)[c-]c(-c2ccccn2)c1.Cc1c[c-]c(-c2[c-]c(-c3ccc(C(F)(F)F)cn3)cc(C(C)(C)C)c2)cc1.Cc1c[c-]c(-c2[c-]c(-c3ccc(C(F)(F)F)cn3)cc(C(C)(C)C)c2)cc1.[Cl][Ni].[Cl][Ni].[Cl][Ni].[Ni+3].[Ni+3].[c-]1ccccc1-c1[c-]c(-c2ccccn2)ccc1.[c-]1ccccc1-c1[c-]c(-c2ccccn2)ccc1.c1ccc2c(c1)[n-]c1ccccc12.c1ccc2c(c1)[n-]c1ccccc12. The second-order valence-electron chi connectivity index (χ2n) is 36.0. The van der Waals surface area contributed by atoms with Gasteiger partial charge in [0.1, 0.15) is 0 Å². The summed E-state index contributed by atoms with van der Waals surface area (Å²) in [7, 11) is 12.8. The summed E-state index contributed by atoms with van der Waals surface area (Å²) in [4.78, 5) is 30.2. The van der Waals surface area contributed by atoms with Crippen molar-refractivity contribution in [3.8, 4) is 112 Å². The van der Waals surface area contributed by atoms with Crippen molar-refractivity contribution in [2.75, 3.05) is 0 Å². The Morgan fingerprint density at radius 3 is 0.733 bits per heavy atom. The van der Waals surface area contributed by atoms with E-state index < -0.39 is 23.5 Å². The Bertz CT molecular complexity index is 6940. The van der Waals surface area contributed by atoms with Crippen LogP contribution in [-0.4, -0.2) is 24.9 Å². The van der Waals surface area contributed by atoms with Crippen LogP contribution in [0.5, 0.6) is 0 Å². The number of aryl methyl sites for hydroxylation is 2. The third-order valence-corrected chi connectivity index (χ3v) is 22.5. The number of benzene rings is 14. The molecule has 2 radical (unpaired) electrons. The summed E-state index contributed by atoms with van der Waals surface area (Å²) >= 11 is 10.0. The zero-order valence-corrected chi connectivity index (χ0v) is 88.3. The topological polar surface area (TPSA) is 92.7 Å². The summed E-state index contributed by atoms with van der Waals surface area (Å²) in [5.74, 6) is 0. The van der Waals surface area contributed by atoms with Gasteiger partial charge in [-0.3, -0.25) is 24.9 Å². The first-order valence-corrected chi connectivity index (χ1v) is 49.6. The van der Waals surface area contributed by atoms with Crippen LogP contribution in [0.2, 0.25) is 0 Å². The molecule has 21 rings (SSSR count). The molecule has 0 aliphatic heterocycles. The number of aromatic nitrogens is 7. The van der Waals surface area contributed by atoms with E-state index in [4.69, 9.17) is 0 Å². The Labute approximate surface area is 909 Å². The average Bonchev–Trinajstić information content (AvgIpc) is 1.76. The number of hydrogen-bond acceptors (Lipinski definition) is 5. The van der Waals surface area contributed by atoms with E-state index in [1.807, 2.05) is 251 Å². The summed E-state index contributed by atoms with van der Waals surface area (Å²) in [5.41, 5.74) is 26.1. The number of para-hydroxylation sites is 4. The first-order valence-electron chi connectivity index (χ1n) is 45.5. The molecule has 751 valence electrons. The van der Waals surface area contributed by atoms with E-state index in [1.165, 1.54) is 39.2 Å². The summed E-state index contributed by atoms with van der Waals surface area (Å²) in [6.45, 7) is 23.2. The maximum absolute atomic E-state index is 12.8. The van der Waals surface area contributed by atoms with Crippen LogP contribution in [0.3, 0.4) is 0 Å². The van der Waals surface area contributed by atoms with E-state index in [9.17, 15) is 26.3 Å². The molecule has 7 aromatic heterocycles. The molecular formula is C125H97Cl3F6N7Ni5-6. The van der Waals surface area contributed by atoms with Gasteiger partial charge in [-0.2, -0.15) is 224 Å². The quantitative estimate of drug-likeness (QED) is 0.0765. The molecule has 0 spiro atoms. The van der Waals surface area contributed by atoms with Gasteiger partial charge in [0.05, 0.1) is 11.1 Å². The molecule has 0 saturated carbocycles. The smallest absolute Gasteiger partial charge is 0.657 e. The molecule has 0 fully saturated rings. The summed E-state index contributed by atoms with van der Waals surface area (Å²) in [5, 5.41) is 4.99. The molecule has 14 aromatic carbocycles. The van der Waals surface area contributed by atoms with Crippen molar-refractivity contribution in [2.45, 2.75) is 105 Å². The van der Waals surface area contributed by atoms with Gasteiger partial charge in [-0.15, -0.1) is 150 Å². The summed E-state index contributed by atoms with van der Waals surface area (Å²) in [6, 6.07) is 149. The largest absolute Gasteiger partial charge is 3.00 e. The van der Waals surface area contributed by atoms with Gasteiger partial charge in [0.2, 0.25) is 0 Å². The third kappa shape index (κ3) is 32.7. The van der Waals surface area contributed by atoms with Crippen molar-refractivity contribution in [1.29, 1.82) is 0 Å². The fourth-order valence-corrected chi connectivity index (χ4v) is 14.9. The van der Waals surface area contributed by atoms with Crippen molar-refractivity contribution in [2.24, 2.45) is 0 Å². The Hall–Kier alpha value is -12.7. The maximum Gasteiger partial charge on any atom is 3.00 e. The summed E-state index contributed by atoms with van der Waals surface area (Å²) < 4.78 is 76.9. The molecule has 0 aliphatic carbocycles. The number of rotatable bonds is 10. The van der Waals surface area contributed by atoms with Crippen molar-refractivity contribution in [3.63, 3.8) is 0 Å². The predicted molar refractivity (Wildman–Crippen MR) is 567 cm³/mol. The van der Waals surface area contributed by atoms with E-state index in [0.29, 0.717) is 22.5 Å². The number of hydrogen-bond donors (Lipinski definition) is 0. The molecule has 7 heterocycles. The molecule has 0 N–H and O–H groups in total. The first kappa shape index (κ1) is 115. The van der Waals surface area contributed by atoms with Crippen molar-refractivity contribution in [1.82, 2.24) is 34.9 Å². The Kier molecular flexibility index (Phi) is 43.6. The van der Waals surface area contributed by atoms with Gasteiger partial charge in [0.15, 0.2) is 0 Å². The van der Waals surface area contributed by atoms with Crippen LogP contribution in [0.15, 0.2) is 389 Å². The molecular weight excluding hydrogens is 2110 g/mol. The molecule has 0 atom stereocenters. The van der Waals surface area contributed by atoms with Crippen LogP contribution in [0.4, 0.5) is 26.3 Å². The van der Waals surface area contributed by atoms with E-state index in [1.54, 1.807) is 12.4 Å². The van der Waals surface area contributed by atoms with Crippen LogP contribution in [-0.2, 0) is 105 Å². The molecule has 0 bridgehead atoms.